The van der Waals surface area contributed by atoms with E-state index in [1.54, 1.807) is 30.9 Å². The highest BCUT2D eigenvalue weighted by atomic mass is 35.5. The van der Waals surface area contributed by atoms with Gasteiger partial charge in [0.1, 0.15) is 12.1 Å². The van der Waals surface area contributed by atoms with Crippen molar-refractivity contribution in [1.29, 1.82) is 0 Å². The number of methoxy groups -OCH3 is 1. The van der Waals surface area contributed by atoms with Crippen LogP contribution < -0.4 is 4.72 Å². The van der Waals surface area contributed by atoms with Gasteiger partial charge in [-0.2, -0.15) is 4.72 Å². The monoisotopic (exact) mass is 505 g/mol. The molecule has 9 nitrogen and oxygen atoms in total. The summed E-state index contributed by atoms with van der Waals surface area (Å²) in [5.74, 6) is -0.654. The predicted octanol–water partition coefficient (Wildman–Crippen LogP) is 1.54. The van der Waals surface area contributed by atoms with Gasteiger partial charge in [-0.05, 0) is 38.0 Å². The van der Waals surface area contributed by atoms with Crippen molar-refractivity contribution in [2.45, 2.75) is 38.5 Å². The van der Waals surface area contributed by atoms with Crippen LogP contribution in [0.15, 0.2) is 17.5 Å². The number of rotatable bonds is 8. The van der Waals surface area contributed by atoms with Crippen molar-refractivity contribution < 1.29 is 27.5 Å². The van der Waals surface area contributed by atoms with E-state index in [0.29, 0.717) is 36.2 Å². The summed E-state index contributed by atoms with van der Waals surface area (Å²) < 4.78 is 39.1. The van der Waals surface area contributed by atoms with E-state index >= 15 is 0 Å². The molecule has 0 spiro atoms. The number of hydrogen-bond acceptors (Lipinski definition) is 7. The van der Waals surface area contributed by atoms with Crippen LogP contribution in [0, 0.1) is 0 Å². The largest absolute Gasteiger partial charge is 0.379 e. The van der Waals surface area contributed by atoms with E-state index in [0.717, 1.165) is 10.3 Å². The molecule has 3 heterocycles. The molecule has 2 aliphatic rings. The van der Waals surface area contributed by atoms with Gasteiger partial charge in [0.15, 0.2) is 0 Å². The first-order valence-corrected chi connectivity index (χ1v) is 13.0. The molecule has 2 saturated heterocycles. The minimum absolute atomic E-state index is 0.218. The normalized spacial score (nSPS) is 22.3. The molecule has 1 aromatic rings. The van der Waals surface area contributed by atoms with Crippen LogP contribution in [0.1, 0.15) is 25.1 Å². The number of hydrogen-bond donors (Lipinski definition) is 1. The Kier molecular flexibility index (Phi) is 8.34. The molecule has 0 saturated carbocycles. The van der Waals surface area contributed by atoms with E-state index in [1.165, 1.54) is 23.3 Å². The molecule has 0 aliphatic carbocycles. The standard InChI is InChI=1S/C20H28ClN3O6S2/c1-13(16-4-5-17(21)31-16)12-32(27,28)22-15-6-7-24(19(15)25)18(14(2)29-3)20(26)23-8-10-30-11-9-23/h4-5,12,14-15,18,22H,6-11H2,1-3H3/t14-,15+,18+/m1/s1. The quantitative estimate of drug-likeness (QED) is 0.574. The van der Waals surface area contributed by atoms with Crippen LogP contribution in [-0.2, 0) is 29.1 Å². The van der Waals surface area contributed by atoms with Gasteiger partial charge in [0.05, 0.1) is 29.1 Å². The third-order valence-electron chi connectivity index (χ3n) is 5.57. The van der Waals surface area contributed by atoms with Gasteiger partial charge >= 0.3 is 0 Å². The van der Waals surface area contributed by atoms with Crippen molar-refractivity contribution in [2.24, 2.45) is 0 Å². The summed E-state index contributed by atoms with van der Waals surface area (Å²) in [5, 5.41) is 1.10. The molecule has 12 heteroatoms. The molecule has 2 amide bonds. The molecular formula is C20H28ClN3O6S2. The van der Waals surface area contributed by atoms with E-state index in [9.17, 15) is 18.0 Å². The Morgan fingerprint density at radius 3 is 2.62 bits per heavy atom. The zero-order valence-corrected chi connectivity index (χ0v) is 20.6. The van der Waals surface area contributed by atoms with Crippen molar-refractivity contribution in [1.82, 2.24) is 14.5 Å². The maximum Gasteiger partial charge on any atom is 0.248 e. The molecule has 0 bridgehead atoms. The maximum absolute atomic E-state index is 13.2. The van der Waals surface area contributed by atoms with Crippen LogP contribution in [0.3, 0.4) is 0 Å². The van der Waals surface area contributed by atoms with E-state index < -0.39 is 34.1 Å². The average Bonchev–Trinajstić information content (AvgIpc) is 3.34. The molecule has 0 aromatic carbocycles. The molecule has 3 atom stereocenters. The van der Waals surface area contributed by atoms with Gasteiger partial charge in [0.2, 0.25) is 21.8 Å². The molecule has 0 radical (unpaired) electrons. The third-order valence-corrected chi connectivity index (χ3v) is 8.21. The number of amides is 2. The molecule has 3 rings (SSSR count). The second-order valence-corrected chi connectivity index (χ2v) is 11.0. The number of nitrogens with one attached hydrogen (secondary N) is 1. The third kappa shape index (κ3) is 5.89. The maximum atomic E-state index is 13.2. The van der Waals surface area contributed by atoms with E-state index in [-0.39, 0.29) is 18.9 Å². The highest BCUT2D eigenvalue weighted by molar-refractivity contribution is 7.92. The summed E-state index contributed by atoms with van der Waals surface area (Å²) in [4.78, 5) is 30.1. The predicted molar refractivity (Wildman–Crippen MR) is 123 cm³/mol. The zero-order chi connectivity index (χ0) is 23.5. The van der Waals surface area contributed by atoms with Gasteiger partial charge in [-0.25, -0.2) is 8.42 Å². The summed E-state index contributed by atoms with van der Waals surface area (Å²) in [7, 11) is -2.41. The van der Waals surface area contributed by atoms with Crippen LogP contribution in [0.4, 0.5) is 0 Å². The highest BCUT2D eigenvalue weighted by Gasteiger charge is 2.44. The number of likely N-dealkylation sites (tertiary alicyclic amines) is 1. The number of allylic oxidation sites excluding steroid dienone is 1. The lowest BCUT2D eigenvalue weighted by Gasteiger charge is -2.36. The number of ether oxygens (including phenoxy) is 2. The topological polar surface area (TPSA) is 105 Å². The summed E-state index contributed by atoms with van der Waals surface area (Å²) in [6, 6.07) is 1.66. The van der Waals surface area contributed by atoms with Crippen molar-refractivity contribution in [2.75, 3.05) is 40.0 Å². The lowest BCUT2D eigenvalue weighted by molar-refractivity contribution is -0.152. The molecule has 2 fully saturated rings. The van der Waals surface area contributed by atoms with Crippen LogP contribution in [0.5, 0.6) is 0 Å². The van der Waals surface area contributed by atoms with Crippen LogP contribution in [0.2, 0.25) is 4.34 Å². The number of sulfonamides is 1. The molecule has 1 aromatic heterocycles. The number of nitrogens with zero attached hydrogens (tertiary/aromatic N) is 2. The lowest BCUT2D eigenvalue weighted by atomic mass is 10.1. The summed E-state index contributed by atoms with van der Waals surface area (Å²) in [6.45, 7) is 5.42. The molecule has 178 valence electrons. The van der Waals surface area contributed by atoms with Gasteiger partial charge in [-0.3, -0.25) is 9.59 Å². The fourth-order valence-electron chi connectivity index (χ4n) is 3.82. The number of halogens is 1. The summed E-state index contributed by atoms with van der Waals surface area (Å²) >= 11 is 7.20. The van der Waals surface area contributed by atoms with Crippen molar-refractivity contribution in [3.63, 3.8) is 0 Å². The van der Waals surface area contributed by atoms with Crippen molar-refractivity contribution in [3.8, 4) is 0 Å². The fourth-order valence-corrected chi connectivity index (χ4v) is 6.19. The van der Waals surface area contributed by atoms with Crippen LogP contribution in [-0.4, -0.2) is 88.2 Å². The Labute approximate surface area is 197 Å². The first-order valence-electron chi connectivity index (χ1n) is 10.3. The van der Waals surface area contributed by atoms with Gasteiger partial charge in [0, 0.05) is 31.6 Å². The van der Waals surface area contributed by atoms with Gasteiger partial charge < -0.3 is 19.3 Å². The first kappa shape index (κ1) is 25.1. The number of carbonyl (C=O) groups excluding carboxylic acids is 2. The summed E-state index contributed by atoms with van der Waals surface area (Å²) in [6.07, 6.45) is -0.283. The highest BCUT2D eigenvalue weighted by Crippen LogP contribution is 2.28. The molecule has 2 aliphatic heterocycles. The SMILES string of the molecule is CO[C@H](C)[C@@H](C(=O)N1CCOCC1)N1CC[C@H](NS(=O)(=O)C=C(C)c2ccc(Cl)s2)C1=O. The van der Waals surface area contributed by atoms with Crippen LogP contribution in [0.25, 0.3) is 5.57 Å². The second kappa shape index (κ2) is 10.6. The molecule has 1 N–H and O–H groups in total. The first-order chi connectivity index (χ1) is 15.1. The molecule has 0 unspecified atom stereocenters. The minimum Gasteiger partial charge on any atom is -0.379 e. The van der Waals surface area contributed by atoms with Gasteiger partial charge in [-0.1, -0.05) is 11.6 Å². The smallest absolute Gasteiger partial charge is 0.248 e. The fraction of sp³-hybridized carbons (Fsp3) is 0.600. The number of carbonyl (C=O) groups is 2. The van der Waals surface area contributed by atoms with Crippen LogP contribution >= 0.6 is 22.9 Å². The Balaban J connectivity index is 1.73. The molecular weight excluding hydrogens is 478 g/mol. The van der Waals surface area contributed by atoms with E-state index in [2.05, 4.69) is 4.72 Å². The molecule has 32 heavy (non-hydrogen) atoms. The minimum atomic E-state index is -3.89. The second-order valence-electron chi connectivity index (χ2n) is 7.76. The van der Waals surface area contributed by atoms with Crippen molar-refractivity contribution >= 4 is 50.3 Å². The zero-order valence-electron chi connectivity index (χ0n) is 18.2. The van der Waals surface area contributed by atoms with Gasteiger partial charge in [-0.15, -0.1) is 11.3 Å². The van der Waals surface area contributed by atoms with Crippen molar-refractivity contribution in [3.05, 3.63) is 26.8 Å². The number of thiophene rings is 1. The lowest BCUT2D eigenvalue weighted by Crippen LogP contribution is -2.57. The Hall–Kier alpha value is -1.50. The van der Waals surface area contributed by atoms with E-state index in [1.807, 2.05) is 0 Å². The Bertz CT molecular complexity index is 974. The van der Waals surface area contributed by atoms with Gasteiger partial charge in [0.25, 0.3) is 0 Å². The average molecular weight is 506 g/mol. The number of morpholine rings is 1. The summed E-state index contributed by atoms with van der Waals surface area (Å²) in [5.41, 5.74) is 0.519. The Morgan fingerprint density at radius 2 is 2.03 bits per heavy atom. The Morgan fingerprint density at radius 1 is 1.34 bits per heavy atom. The van der Waals surface area contributed by atoms with E-state index in [4.69, 9.17) is 21.1 Å².